The lowest BCUT2D eigenvalue weighted by atomic mass is 9.83. The van der Waals surface area contributed by atoms with Crippen LogP contribution in [0.5, 0.6) is 0 Å². The Bertz CT molecular complexity index is 644. The van der Waals surface area contributed by atoms with Crippen LogP contribution in [0.15, 0.2) is 54.6 Å². The first-order valence-corrected chi connectivity index (χ1v) is 6.02. The number of halogens is 4. The van der Waals surface area contributed by atoms with Crippen molar-refractivity contribution < 1.29 is 23.1 Å². The molecule has 0 aliphatic carbocycles. The minimum atomic E-state index is -4.48. The van der Waals surface area contributed by atoms with E-state index in [9.17, 15) is 23.1 Å². The highest BCUT2D eigenvalue weighted by atomic mass is 35.5. The Morgan fingerprint density at radius 2 is 1.27 bits per heavy atom. The van der Waals surface area contributed by atoms with Crippen LogP contribution in [0.4, 0.5) is 13.2 Å². The Hall–Kier alpha value is -2.05. The molecule has 0 spiro atoms. The number of hydrogen-bond acceptors (Lipinski definition) is 2. The van der Waals surface area contributed by atoms with E-state index in [0.29, 0.717) is 0 Å². The quantitative estimate of drug-likeness (QED) is 0.906. The molecule has 0 radical (unpaired) electrons. The summed E-state index contributed by atoms with van der Waals surface area (Å²) in [6.07, 6.45) is -4.48. The molecule has 0 heterocycles. The van der Waals surface area contributed by atoms with Crippen molar-refractivity contribution in [3.63, 3.8) is 0 Å². The number of aliphatic carboxylic acids is 1. The molecule has 0 fully saturated rings. The Morgan fingerprint density at radius 1 is 0.864 bits per heavy atom. The van der Waals surface area contributed by atoms with Gasteiger partial charge in [-0.1, -0.05) is 42.5 Å². The maximum absolute atomic E-state index is 12.6. The van der Waals surface area contributed by atoms with Crippen LogP contribution in [0.25, 0.3) is 0 Å². The van der Waals surface area contributed by atoms with Crippen LogP contribution in [-0.2, 0) is 16.5 Å². The lowest BCUT2D eigenvalue weighted by Gasteiger charge is -2.26. The molecule has 1 unspecified atom stereocenters. The topological polar surface area (TPSA) is 63.3 Å². The van der Waals surface area contributed by atoms with E-state index < -0.39 is 23.2 Å². The molecule has 118 valence electrons. The number of alkyl halides is 3. The zero-order chi connectivity index (χ0) is 15.7. The van der Waals surface area contributed by atoms with Gasteiger partial charge in [0.15, 0.2) is 5.54 Å². The summed E-state index contributed by atoms with van der Waals surface area (Å²) < 4.78 is 37.7. The second-order valence-electron chi connectivity index (χ2n) is 4.55. The Morgan fingerprint density at radius 3 is 1.68 bits per heavy atom. The second-order valence-corrected chi connectivity index (χ2v) is 4.55. The van der Waals surface area contributed by atoms with Crippen LogP contribution >= 0.6 is 12.4 Å². The van der Waals surface area contributed by atoms with E-state index in [0.717, 1.165) is 24.3 Å². The predicted molar refractivity (Wildman–Crippen MR) is 77.7 cm³/mol. The van der Waals surface area contributed by atoms with Crippen molar-refractivity contribution >= 4 is 18.4 Å². The van der Waals surface area contributed by atoms with Crippen LogP contribution in [0.2, 0.25) is 0 Å². The van der Waals surface area contributed by atoms with Gasteiger partial charge in [-0.3, -0.25) is 0 Å². The normalized spacial score (nSPS) is 13.8. The third-order valence-electron chi connectivity index (χ3n) is 3.23. The van der Waals surface area contributed by atoms with Crippen molar-refractivity contribution in [2.24, 2.45) is 5.73 Å². The van der Waals surface area contributed by atoms with Crippen LogP contribution in [0.1, 0.15) is 16.7 Å². The minimum Gasteiger partial charge on any atom is -0.479 e. The summed E-state index contributed by atoms with van der Waals surface area (Å²) >= 11 is 0. The summed E-state index contributed by atoms with van der Waals surface area (Å²) in [5, 5.41) is 9.42. The van der Waals surface area contributed by atoms with Gasteiger partial charge in [0.2, 0.25) is 0 Å². The smallest absolute Gasteiger partial charge is 0.416 e. The number of rotatable bonds is 3. The number of nitrogens with two attached hydrogens (primary N) is 1. The van der Waals surface area contributed by atoms with Crippen molar-refractivity contribution in [2.75, 3.05) is 0 Å². The van der Waals surface area contributed by atoms with E-state index in [1.165, 1.54) is 12.1 Å². The van der Waals surface area contributed by atoms with Gasteiger partial charge >= 0.3 is 12.1 Å². The third kappa shape index (κ3) is 3.23. The number of carbonyl (C=O) groups is 1. The van der Waals surface area contributed by atoms with E-state index in [4.69, 9.17) is 5.73 Å². The van der Waals surface area contributed by atoms with Crippen molar-refractivity contribution in [1.29, 1.82) is 0 Å². The fourth-order valence-corrected chi connectivity index (χ4v) is 2.04. The van der Waals surface area contributed by atoms with Gasteiger partial charge in [-0.15, -0.1) is 12.4 Å². The number of hydrogen-bond donors (Lipinski definition) is 2. The number of benzene rings is 2. The summed E-state index contributed by atoms with van der Waals surface area (Å²) in [6.45, 7) is 0. The Labute approximate surface area is 131 Å². The fraction of sp³-hybridized carbons (Fsp3) is 0.133. The summed E-state index contributed by atoms with van der Waals surface area (Å²) in [4.78, 5) is 11.6. The van der Waals surface area contributed by atoms with Crippen LogP contribution in [0, 0.1) is 0 Å². The van der Waals surface area contributed by atoms with Gasteiger partial charge < -0.3 is 10.8 Å². The van der Waals surface area contributed by atoms with Crippen LogP contribution in [0.3, 0.4) is 0 Å². The first kappa shape index (κ1) is 18.0. The second kappa shape index (κ2) is 6.37. The average molecular weight is 332 g/mol. The first-order valence-electron chi connectivity index (χ1n) is 6.02. The van der Waals surface area contributed by atoms with Crippen molar-refractivity contribution in [2.45, 2.75) is 11.7 Å². The first-order chi connectivity index (χ1) is 9.76. The standard InChI is InChI=1S/C15H12F3NO2.ClH/c16-15(17,18)12-8-6-11(7-9-12)14(19,13(20)21)10-4-2-1-3-5-10;/h1-9H,19H2,(H,20,21);1H. The molecule has 3 nitrogen and oxygen atoms in total. The summed E-state index contributed by atoms with van der Waals surface area (Å²) in [5.41, 5.74) is 3.58. The van der Waals surface area contributed by atoms with Gasteiger partial charge in [0.05, 0.1) is 5.56 Å². The molecular formula is C15H13ClF3NO2. The SMILES string of the molecule is Cl.NC(C(=O)O)(c1ccccc1)c1ccc(C(F)(F)F)cc1. The maximum Gasteiger partial charge on any atom is 0.416 e. The summed E-state index contributed by atoms with van der Waals surface area (Å²) in [7, 11) is 0. The molecule has 2 rings (SSSR count). The molecule has 7 heteroatoms. The van der Waals surface area contributed by atoms with E-state index in [1.54, 1.807) is 18.2 Å². The minimum absolute atomic E-state index is 0. The largest absolute Gasteiger partial charge is 0.479 e. The maximum atomic E-state index is 12.6. The molecule has 0 aliphatic rings. The summed E-state index contributed by atoms with van der Waals surface area (Å²) in [5.74, 6) is -1.34. The average Bonchev–Trinajstić information content (AvgIpc) is 2.46. The molecule has 0 bridgehead atoms. The van der Waals surface area contributed by atoms with Crippen molar-refractivity contribution in [3.8, 4) is 0 Å². The third-order valence-corrected chi connectivity index (χ3v) is 3.23. The molecule has 3 N–H and O–H groups in total. The van der Waals surface area contributed by atoms with Gasteiger partial charge in [-0.2, -0.15) is 13.2 Å². The van der Waals surface area contributed by atoms with Gasteiger partial charge in [-0.25, -0.2) is 4.79 Å². The molecular weight excluding hydrogens is 319 g/mol. The number of carboxylic acid groups (broad SMARTS) is 1. The van der Waals surface area contributed by atoms with Crippen molar-refractivity contribution in [1.82, 2.24) is 0 Å². The monoisotopic (exact) mass is 331 g/mol. The molecule has 2 aromatic rings. The molecule has 1 atom stereocenters. The van der Waals surface area contributed by atoms with Gasteiger partial charge in [0.25, 0.3) is 0 Å². The highest BCUT2D eigenvalue weighted by Crippen LogP contribution is 2.32. The van der Waals surface area contributed by atoms with E-state index in [-0.39, 0.29) is 23.5 Å². The highest BCUT2D eigenvalue weighted by Gasteiger charge is 2.39. The van der Waals surface area contributed by atoms with E-state index in [2.05, 4.69) is 0 Å². The molecule has 0 saturated carbocycles. The highest BCUT2D eigenvalue weighted by molar-refractivity contribution is 5.85. The lowest BCUT2D eigenvalue weighted by molar-refractivity contribution is -0.142. The molecule has 2 aromatic carbocycles. The molecule has 22 heavy (non-hydrogen) atoms. The van der Waals surface area contributed by atoms with Gasteiger partial charge in [0, 0.05) is 0 Å². The molecule has 0 aliphatic heterocycles. The number of carboxylic acids is 1. The van der Waals surface area contributed by atoms with Crippen LogP contribution in [-0.4, -0.2) is 11.1 Å². The molecule has 0 saturated heterocycles. The van der Waals surface area contributed by atoms with Gasteiger partial charge in [-0.05, 0) is 23.3 Å². The predicted octanol–water partition coefficient (Wildman–Crippen LogP) is 3.41. The van der Waals surface area contributed by atoms with Gasteiger partial charge in [0.1, 0.15) is 0 Å². The molecule has 0 amide bonds. The lowest BCUT2D eigenvalue weighted by Crippen LogP contribution is -2.45. The zero-order valence-electron chi connectivity index (χ0n) is 11.2. The van der Waals surface area contributed by atoms with E-state index in [1.807, 2.05) is 0 Å². The summed E-state index contributed by atoms with van der Waals surface area (Å²) in [6, 6.07) is 11.8. The fourth-order valence-electron chi connectivity index (χ4n) is 2.04. The van der Waals surface area contributed by atoms with Crippen LogP contribution < -0.4 is 5.73 Å². The Balaban J connectivity index is 0.00000242. The Kier molecular flexibility index (Phi) is 5.22. The zero-order valence-corrected chi connectivity index (χ0v) is 12.0. The molecule has 0 aromatic heterocycles. The van der Waals surface area contributed by atoms with Crippen molar-refractivity contribution in [3.05, 3.63) is 71.3 Å². The van der Waals surface area contributed by atoms with E-state index >= 15 is 0 Å².